The van der Waals surface area contributed by atoms with E-state index < -0.39 is 6.04 Å². The quantitative estimate of drug-likeness (QED) is 0.719. The molecule has 0 saturated carbocycles. The second-order valence-corrected chi connectivity index (χ2v) is 7.12. The number of ether oxygens (including phenoxy) is 2. The first kappa shape index (κ1) is 19.9. The van der Waals surface area contributed by atoms with Crippen LogP contribution in [0.3, 0.4) is 0 Å². The molecule has 1 aliphatic heterocycles. The average Bonchev–Trinajstić information content (AvgIpc) is 2.97. The summed E-state index contributed by atoms with van der Waals surface area (Å²) in [6.45, 7) is 4.32. The van der Waals surface area contributed by atoms with E-state index in [1.165, 1.54) is 4.90 Å². The van der Waals surface area contributed by atoms with Crippen LogP contribution in [-0.2, 0) is 16.1 Å². The molecule has 6 nitrogen and oxygen atoms in total. The van der Waals surface area contributed by atoms with E-state index in [1.54, 1.807) is 14.2 Å². The smallest absolute Gasteiger partial charge is 0.251 e. The first-order chi connectivity index (χ1) is 13.4. The highest BCUT2D eigenvalue weighted by Gasteiger charge is 2.42. The van der Waals surface area contributed by atoms with E-state index in [2.05, 4.69) is 0 Å². The first-order valence-corrected chi connectivity index (χ1v) is 9.21. The Hall–Kier alpha value is -2.86. The number of methoxy groups -OCH3 is 2. The molecule has 0 spiro atoms. The maximum atomic E-state index is 13.1. The number of carbonyl (C=O) groups is 2. The second kappa shape index (κ2) is 8.02. The Morgan fingerprint density at radius 1 is 1.07 bits per heavy atom. The Kier molecular flexibility index (Phi) is 5.70. The first-order valence-electron chi connectivity index (χ1n) is 9.21. The van der Waals surface area contributed by atoms with Gasteiger partial charge < -0.3 is 9.47 Å². The molecule has 3 rings (SSSR count). The van der Waals surface area contributed by atoms with Crippen LogP contribution in [-0.4, -0.2) is 44.0 Å². The van der Waals surface area contributed by atoms with Crippen LogP contribution in [0.25, 0.3) is 0 Å². The molecule has 1 heterocycles. The molecular formula is C22H26N2O4. The molecule has 2 aromatic carbocycles. The van der Waals surface area contributed by atoms with Crippen LogP contribution in [0.5, 0.6) is 11.5 Å². The molecule has 0 unspecified atom stereocenters. The number of hydrogen-bond acceptors (Lipinski definition) is 5. The van der Waals surface area contributed by atoms with Gasteiger partial charge in [0.15, 0.2) is 0 Å². The molecule has 0 bridgehead atoms. The zero-order chi connectivity index (χ0) is 20.4. The van der Waals surface area contributed by atoms with Gasteiger partial charge in [-0.1, -0.05) is 24.3 Å². The van der Waals surface area contributed by atoms with Crippen molar-refractivity contribution < 1.29 is 19.1 Å². The minimum Gasteiger partial charge on any atom is -0.497 e. The third kappa shape index (κ3) is 3.60. The van der Waals surface area contributed by atoms with Crippen molar-refractivity contribution in [3.63, 3.8) is 0 Å². The van der Waals surface area contributed by atoms with Gasteiger partial charge in [0.1, 0.15) is 11.5 Å². The number of benzene rings is 2. The van der Waals surface area contributed by atoms with Crippen molar-refractivity contribution in [3.8, 4) is 11.5 Å². The van der Waals surface area contributed by atoms with Crippen molar-refractivity contribution in [1.29, 1.82) is 0 Å². The molecule has 1 fully saturated rings. The summed E-state index contributed by atoms with van der Waals surface area (Å²) in [5, 5.41) is 0. The molecule has 6 heteroatoms. The number of rotatable bonds is 6. The van der Waals surface area contributed by atoms with Gasteiger partial charge in [0.05, 0.1) is 32.4 Å². The predicted octanol–water partition coefficient (Wildman–Crippen LogP) is 3.08. The fourth-order valence-corrected chi connectivity index (χ4v) is 3.71. The van der Waals surface area contributed by atoms with Gasteiger partial charge in [-0.2, -0.15) is 0 Å². The lowest BCUT2D eigenvalue weighted by Gasteiger charge is -2.25. The molecule has 1 aliphatic rings. The summed E-state index contributed by atoms with van der Waals surface area (Å²) in [6, 6.07) is 10.9. The monoisotopic (exact) mass is 382 g/mol. The Morgan fingerprint density at radius 3 is 2.36 bits per heavy atom. The fourth-order valence-electron chi connectivity index (χ4n) is 3.71. The van der Waals surface area contributed by atoms with Crippen molar-refractivity contribution in [2.45, 2.75) is 32.9 Å². The van der Waals surface area contributed by atoms with Crippen LogP contribution in [0.1, 0.15) is 23.1 Å². The molecule has 1 atom stereocenters. The van der Waals surface area contributed by atoms with Gasteiger partial charge in [0.2, 0.25) is 5.91 Å². The molecule has 2 aromatic rings. The van der Waals surface area contributed by atoms with E-state index in [0.29, 0.717) is 23.7 Å². The van der Waals surface area contributed by atoms with E-state index in [-0.39, 0.29) is 18.2 Å². The fraction of sp³-hybridized carbons (Fsp3) is 0.364. The molecule has 0 aliphatic carbocycles. The second-order valence-electron chi connectivity index (χ2n) is 7.12. The molecule has 2 amide bonds. The highest BCUT2D eigenvalue weighted by atomic mass is 16.5. The zero-order valence-electron chi connectivity index (χ0n) is 17.0. The van der Waals surface area contributed by atoms with Crippen molar-refractivity contribution >= 4 is 17.5 Å². The SMILES string of the molecule is COc1ccc(CN(C)[C@@H]2CC(=O)N(c3c(C)cccc3C)C2=O)c(OC)c1. The van der Waals surface area contributed by atoms with Gasteiger partial charge in [-0.3, -0.25) is 14.5 Å². The van der Waals surface area contributed by atoms with Gasteiger partial charge in [0.25, 0.3) is 5.91 Å². The molecule has 148 valence electrons. The van der Waals surface area contributed by atoms with Crippen LogP contribution in [0.15, 0.2) is 36.4 Å². The van der Waals surface area contributed by atoms with Crippen LogP contribution in [0, 0.1) is 13.8 Å². The van der Waals surface area contributed by atoms with E-state index in [9.17, 15) is 9.59 Å². The minimum atomic E-state index is -0.502. The van der Waals surface area contributed by atoms with Crippen molar-refractivity contribution in [2.24, 2.45) is 0 Å². The van der Waals surface area contributed by atoms with Gasteiger partial charge in [0, 0.05) is 18.2 Å². The van der Waals surface area contributed by atoms with Gasteiger partial charge in [-0.15, -0.1) is 0 Å². The van der Waals surface area contributed by atoms with E-state index in [0.717, 1.165) is 16.7 Å². The summed E-state index contributed by atoms with van der Waals surface area (Å²) in [5.41, 5.74) is 3.47. The maximum Gasteiger partial charge on any atom is 0.251 e. The Bertz CT molecular complexity index is 889. The topological polar surface area (TPSA) is 59.1 Å². The third-order valence-corrected chi connectivity index (χ3v) is 5.23. The van der Waals surface area contributed by atoms with Gasteiger partial charge in [-0.05, 0) is 38.1 Å². The summed E-state index contributed by atoms with van der Waals surface area (Å²) < 4.78 is 10.7. The minimum absolute atomic E-state index is 0.166. The Balaban J connectivity index is 1.83. The van der Waals surface area contributed by atoms with Crippen LogP contribution >= 0.6 is 0 Å². The summed E-state index contributed by atoms with van der Waals surface area (Å²) in [7, 11) is 5.06. The van der Waals surface area contributed by atoms with Crippen molar-refractivity contribution in [3.05, 3.63) is 53.1 Å². The lowest BCUT2D eigenvalue weighted by atomic mass is 10.1. The van der Waals surface area contributed by atoms with Crippen LogP contribution in [0.4, 0.5) is 5.69 Å². The molecule has 0 radical (unpaired) electrons. The number of anilines is 1. The number of aryl methyl sites for hydroxylation is 2. The molecule has 1 saturated heterocycles. The maximum absolute atomic E-state index is 13.1. The van der Waals surface area contributed by atoms with Crippen LogP contribution < -0.4 is 14.4 Å². The third-order valence-electron chi connectivity index (χ3n) is 5.23. The zero-order valence-corrected chi connectivity index (χ0v) is 17.0. The van der Waals surface area contributed by atoms with E-state index >= 15 is 0 Å². The van der Waals surface area contributed by atoms with Crippen molar-refractivity contribution in [2.75, 3.05) is 26.2 Å². The van der Waals surface area contributed by atoms with E-state index in [4.69, 9.17) is 9.47 Å². The number of likely N-dealkylation sites (N-methyl/N-ethyl adjacent to an activating group) is 1. The number of hydrogen-bond donors (Lipinski definition) is 0. The standard InChI is InChI=1S/C22H26N2O4/c1-14-7-6-8-15(2)21(14)24-20(25)12-18(22(24)26)23(3)13-16-9-10-17(27-4)11-19(16)28-5/h6-11,18H,12-13H2,1-5H3/t18-/m1/s1. The number of carbonyl (C=O) groups excluding carboxylic acids is 2. The average molecular weight is 382 g/mol. The largest absolute Gasteiger partial charge is 0.497 e. The summed E-state index contributed by atoms with van der Waals surface area (Å²) >= 11 is 0. The Labute approximate surface area is 165 Å². The number of amides is 2. The Morgan fingerprint density at radius 2 is 1.75 bits per heavy atom. The molecule has 28 heavy (non-hydrogen) atoms. The number of imide groups is 1. The number of para-hydroxylation sites is 1. The summed E-state index contributed by atoms with van der Waals surface area (Å²) in [6.07, 6.45) is 0.168. The lowest BCUT2D eigenvalue weighted by molar-refractivity contribution is -0.122. The van der Waals surface area contributed by atoms with Gasteiger partial charge in [-0.25, -0.2) is 4.90 Å². The highest BCUT2D eigenvalue weighted by Crippen LogP contribution is 2.32. The van der Waals surface area contributed by atoms with Crippen molar-refractivity contribution in [1.82, 2.24) is 4.90 Å². The highest BCUT2D eigenvalue weighted by molar-refractivity contribution is 6.23. The normalized spacial score (nSPS) is 16.8. The molecule has 0 aromatic heterocycles. The van der Waals surface area contributed by atoms with E-state index in [1.807, 2.05) is 62.2 Å². The summed E-state index contributed by atoms with van der Waals surface area (Å²) in [5.74, 6) is 1.05. The lowest BCUT2D eigenvalue weighted by Crippen LogP contribution is -2.40. The molecule has 0 N–H and O–H groups in total. The number of nitrogens with zero attached hydrogens (tertiary/aromatic N) is 2. The predicted molar refractivity (Wildman–Crippen MR) is 108 cm³/mol. The molecular weight excluding hydrogens is 356 g/mol. The van der Waals surface area contributed by atoms with Crippen LogP contribution in [0.2, 0.25) is 0 Å². The summed E-state index contributed by atoms with van der Waals surface area (Å²) in [4.78, 5) is 29.1. The van der Waals surface area contributed by atoms with Gasteiger partial charge >= 0.3 is 0 Å².